The third kappa shape index (κ3) is 3.97. The van der Waals surface area contributed by atoms with Crippen molar-refractivity contribution in [3.8, 4) is 0 Å². The van der Waals surface area contributed by atoms with E-state index in [1.807, 2.05) is 17.0 Å². The number of nitrogens with one attached hydrogen (secondary N) is 1. The van der Waals surface area contributed by atoms with E-state index in [0.29, 0.717) is 44.1 Å². The number of hydrogen-bond acceptors (Lipinski definition) is 8. The van der Waals surface area contributed by atoms with Gasteiger partial charge in [-0.05, 0) is 24.1 Å². The third-order valence-electron chi connectivity index (χ3n) is 5.16. The summed E-state index contributed by atoms with van der Waals surface area (Å²) >= 11 is 0. The van der Waals surface area contributed by atoms with E-state index in [4.69, 9.17) is 14.7 Å². The van der Waals surface area contributed by atoms with Gasteiger partial charge < -0.3 is 14.4 Å². The van der Waals surface area contributed by atoms with Crippen LogP contribution < -0.4 is 10.4 Å². The summed E-state index contributed by atoms with van der Waals surface area (Å²) in [5, 5.41) is 8.86. The van der Waals surface area contributed by atoms with Crippen LogP contribution in [-0.4, -0.2) is 61.9 Å². The van der Waals surface area contributed by atoms with Gasteiger partial charge in [-0.2, -0.15) is 4.31 Å². The van der Waals surface area contributed by atoms with Gasteiger partial charge >= 0.3 is 6.09 Å². The van der Waals surface area contributed by atoms with Crippen LogP contribution in [0.2, 0.25) is 0 Å². The van der Waals surface area contributed by atoms with Crippen molar-refractivity contribution >= 4 is 21.9 Å². The Kier molecular flexibility index (Phi) is 5.86. The fourth-order valence-corrected chi connectivity index (χ4v) is 5.08. The number of hydroxylamine groups is 1. The standard InChI is InChI=1S/C19H22N4O6S/c24-19(21-25)29-18-16-4-2-1-3-14(16)7-8-23(18)30(26,27)15-5-6-17(20-13-15)22-9-11-28-12-10-22/h1-6,13,18,25H,7-12H2,(H,21,24). The molecule has 0 spiro atoms. The minimum atomic E-state index is -4.01. The van der Waals surface area contributed by atoms with Crippen LogP contribution in [0.3, 0.4) is 0 Å². The van der Waals surface area contributed by atoms with Crippen LogP contribution in [0.4, 0.5) is 10.6 Å². The Bertz CT molecular complexity index is 1010. The molecule has 1 aromatic heterocycles. The molecular formula is C19H22N4O6S. The van der Waals surface area contributed by atoms with Crippen LogP contribution >= 0.6 is 0 Å². The average molecular weight is 434 g/mol. The Morgan fingerprint density at radius 3 is 2.63 bits per heavy atom. The number of sulfonamides is 1. The van der Waals surface area contributed by atoms with Crippen molar-refractivity contribution in [3.63, 3.8) is 0 Å². The molecule has 160 valence electrons. The molecule has 2 aliphatic rings. The van der Waals surface area contributed by atoms with Gasteiger partial charge in [0.2, 0.25) is 10.0 Å². The van der Waals surface area contributed by atoms with Gasteiger partial charge in [-0.25, -0.2) is 23.7 Å². The molecule has 10 nitrogen and oxygen atoms in total. The summed E-state index contributed by atoms with van der Waals surface area (Å²) in [6.45, 7) is 2.69. The molecule has 0 aliphatic carbocycles. The number of carbonyl (C=O) groups is 1. The van der Waals surface area contributed by atoms with Crippen LogP contribution in [0, 0.1) is 0 Å². The van der Waals surface area contributed by atoms with E-state index < -0.39 is 22.3 Å². The largest absolute Gasteiger partial charge is 0.432 e. The Hall–Kier alpha value is -2.73. The van der Waals surface area contributed by atoms with Gasteiger partial charge in [0.05, 0.1) is 13.2 Å². The number of morpholine rings is 1. The number of hydrogen-bond donors (Lipinski definition) is 2. The number of ether oxygens (including phenoxy) is 2. The van der Waals surface area contributed by atoms with Crippen molar-refractivity contribution < 1.29 is 27.9 Å². The molecule has 30 heavy (non-hydrogen) atoms. The van der Waals surface area contributed by atoms with Crippen molar-refractivity contribution in [3.05, 3.63) is 53.7 Å². The quantitative estimate of drug-likeness (QED) is 0.545. The van der Waals surface area contributed by atoms with E-state index in [1.165, 1.54) is 17.7 Å². The fraction of sp³-hybridized carbons (Fsp3) is 0.368. The number of carbonyl (C=O) groups excluding carboxylic acids is 1. The predicted octanol–water partition coefficient (Wildman–Crippen LogP) is 1.28. The molecule has 4 rings (SSSR count). The highest BCUT2D eigenvalue weighted by molar-refractivity contribution is 7.89. The van der Waals surface area contributed by atoms with Gasteiger partial charge in [-0.1, -0.05) is 24.3 Å². The van der Waals surface area contributed by atoms with Crippen LogP contribution in [0.25, 0.3) is 0 Å². The highest BCUT2D eigenvalue weighted by Crippen LogP contribution is 2.35. The summed E-state index contributed by atoms with van der Waals surface area (Å²) in [5.74, 6) is 0.675. The number of aromatic nitrogens is 1. The summed E-state index contributed by atoms with van der Waals surface area (Å²) < 4.78 is 38.3. The SMILES string of the molecule is O=C(NO)OC1c2ccccc2CCN1S(=O)(=O)c1ccc(N2CCOCC2)nc1. The molecule has 1 unspecified atom stereocenters. The second-order valence-electron chi connectivity index (χ2n) is 6.89. The second-order valence-corrected chi connectivity index (χ2v) is 8.78. The van der Waals surface area contributed by atoms with Crippen molar-refractivity contribution in [2.75, 3.05) is 37.7 Å². The molecule has 1 aromatic carbocycles. The van der Waals surface area contributed by atoms with Crippen LogP contribution in [-0.2, 0) is 25.9 Å². The normalized spacial score (nSPS) is 19.8. The summed E-state index contributed by atoms with van der Waals surface area (Å²) in [6, 6.07) is 10.3. The Labute approximate surface area is 174 Å². The second kappa shape index (κ2) is 8.56. The lowest BCUT2D eigenvalue weighted by Gasteiger charge is -2.35. The van der Waals surface area contributed by atoms with Gasteiger partial charge in [0.1, 0.15) is 10.7 Å². The lowest BCUT2D eigenvalue weighted by molar-refractivity contribution is 0.00235. The summed E-state index contributed by atoms with van der Waals surface area (Å²) in [5.41, 5.74) is 2.81. The molecule has 3 heterocycles. The molecule has 1 amide bonds. The minimum absolute atomic E-state index is 0.00287. The molecule has 0 radical (unpaired) electrons. The third-order valence-corrected chi connectivity index (χ3v) is 6.99. The number of rotatable bonds is 4. The Morgan fingerprint density at radius 1 is 1.17 bits per heavy atom. The average Bonchev–Trinajstić information content (AvgIpc) is 2.79. The lowest BCUT2D eigenvalue weighted by atomic mass is 10.00. The number of pyridine rings is 1. The number of fused-ring (bicyclic) bond motifs is 1. The van der Waals surface area contributed by atoms with Crippen LogP contribution in [0.1, 0.15) is 17.4 Å². The monoisotopic (exact) mass is 434 g/mol. The molecule has 1 fully saturated rings. The molecule has 1 atom stereocenters. The maximum Gasteiger partial charge on any atom is 0.432 e. The van der Waals surface area contributed by atoms with Crippen molar-refractivity contribution in [2.45, 2.75) is 17.5 Å². The Balaban J connectivity index is 1.64. The Morgan fingerprint density at radius 2 is 1.93 bits per heavy atom. The van der Waals surface area contributed by atoms with Gasteiger partial charge in [-0.15, -0.1) is 0 Å². The zero-order chi connectivity index (χ0) is 21.1. The maximum absolute atomic E-state index is 13.3. The molecule has 11 heteroatoms. The van der Waals surface area contributed by atoms with Gasteiger partial charge in [-0.3, -0.25) is 5.21 Å². The lowest BCUT2D eigenvalue weighted by Crippen LogP contribution is -2.43. The van der Waals surface area contributed by atoms with Crippen molar-refractivity contribution in [1.82, 2.24) is 14.8 Å². The molecule has 2 aliphatic heterocycles. The van der Waals surface area contributed by atoms with Gasteiger partial charge in [0, 0.05) is 31.4 Å². The molecule has 2 N–H and O–H groups in total. The number of benzene rings is 1. The maximum atomic E-state index is 13.3. The fourth-order valence-electron chi connectivity index (χ4n) is 3.64. The van der Waals surface area contributed by atoms with Crippen LogP contribution in [0.5, 0.6) is 0 Å². The van der Waals surface area contributed by atoms with E-state index in [2.05, 4.69) is 4.98 Å². The van der Waals surface area contributed by atoms with Gasteiger partial charge in [0.15, 0.2) is 6.23 Å². The highest BCUT2D eigenvalue weighted by atomic mass is 32.2. The number of nitrogens with zero attached hydrogens (tertiary/aromatic N) is 3. The van der Waals surface area contributed by atoms with E-state index in [9.17, 15) is 13.2 Å². The zero-order valence-electron chi connectivity index (χ0n) is 16.1. The van der Waals surface area contributed by atoms with Crippen LogP contribution in [0.15, 0.2) is 47.5 Å². The van der Waals surface area contributed by atoms with Crippen molar-refractivity contribution in [2.24, 2.45) is 0 Å². The topological polar surface area (TPSA) is 121 Å². The summed E-state index contributed by atoms with van der Waals surface area (Å²) in [7, 11) is -4.01. The molecule has 0 bridgehead atoms. The number of anilines is 1. The number of amides is 1. The molecular weight excluding hydrogens is 412 g/mol. The molecule has 1 saturated heterocycles. The minimum Gasteiger partial charge on any atom is -0.423 e. The first-order valence-electron chi connectivity index (χ1n) is 9.50. The smallest absolute Gasteiger partial charge is 0.423 e. The zero-order valence-corrected chi connectivity index (χ0v) is 16.9. The first-order chi connectivity index (χ1) is 14.5. The first kappa shape index (κ1) is 20.5. The summed E-state index contributed by atoms with van der Waals surface area (Å²) in [6.07, 6.45) is -0.567. The van der Waals surface area contributed by atoms with E-state index >= 15 is 0 Å². The summed E-state index contributed by atoms with van der Waals surface area (Å²) in [4.78, 5) is 18.0. The molecule has 0 saturated carbocycles. The van der Waals surface area contributed by atoms with Gasteiger partial charge in [0.25, 0.3) is 0 Å². The van der Waals surface area contributed by atoms with Crippen molar-refractivity contribution in [1.29, 1.82) is 0 Å². The van der Waals surface area contributed by atoms with E-state index in [-0.39, 0.29) is 11.4 Å². The predicted molar refractivity (Wildman–Crippen MR) is 105 cm³/mol. The van der Waals surface area contributed by atoms with E-state index in [1.54, 1.807) is 18.2 Å². The van der Waals surface area contributed by atoms with E-state index in [0.717, 1.165) is 9.87 Å². The molecule has 2 aromatic rings. The first-order valence-corrected chi connectivity index (χ1v) is 10.9. The highest BCUT2D eigenvalue weighted by Gasteiger charge is 2.39.